The molecule has 0 saturated heterocycles. The van der Waals surface area contributed by atoms with Crippen LogP contribution in [-0.2, 0) is 0 Å². The average Bonchev–Trinajstić information content (AvgIpc) is 2.45. The van der Waals surface area contributed by atoms with E-state index in [0.717, 1.165) is 4.70 Å². The molecule has 0 amide bonds. The van der Waals surface area contributed by atoms with Crippen LogP contribution >= 0.6 is 11.3 Å². The highest BCUT2D eigenvalue weighted by atomic mass is 32.1. The van der Waals surface area contributed by atoms with E-state index in [4.69, 9.17) is 5.21 Å². The molecule has 0 unspecified atom stereocenters. The molecule has 11 heavy (non-hydrogen) atoms. The van der Waals surface area contributed by atoms with Crippen molar-refractivity contribution in [3.05, 3.63) is 34.1 Å². The van der Waals surface area contributed by atoms with Crippen molar-refractivity contribution in [1.29, 1.82) is 0 Å². The zero-order chi connectivity index (χ0) is 7.84. The van der Waals surface area contributed by atoms with Crippen molar-refractivity contribution < 1.29 is 5.21 Å². The molecule has 0 bridgehead atoms. The van der Waals surface area contributed by atoms with Gasteiger partial charge >= 0.3 is 0 Å². The van der Waals surface area contributed by atoms with E-state index in [1.165, 1.54) is 17.5 Å². The number of nitrogens with zero attached hydrogens (tertiary/aromatic N) is 1. The first-order valence-corrected chi connectivity index (χ1v) is 3.95. The normalized spacial score (nSPS) is 10.5. The highest BCUT2D eigenvalue weighted by Gasteiger charge is 2.00. The van der Waals surface area contributed by atoms with E-state index in [9.17, 15) is 4.79 Å². The van der Waals surface area contributed by atoms with Crippen LogP contribution in [0.15, 0.2) is 28.5 Å². The van der Waals surface area contributed by atoms with Gasteiger partial charge in [0.15, 0.2) is 0 Å². The minimum absolute atomic E-state index is 0.358. The summed E-state index contributed by atoms with van der Waals surface area (Å²) in [5.74, 6) is 0. The van der Waals surface area contributed by atoms with E-state index < -0.39 is 0 Å². The highest BCUT2D eigenvalue weighted by molar-refractivity contribution is 7.17. The lowest BCUT2D eigenvalue weighted by molar-refractivity contribution is 0.176. The molecule has 0 spiro atoms. The predicted octanol–water partition coefficient (Wildman–Crippen LogP) is 1.30. The molecule has 0 saturated carbocycles. The Morgan fingerprint density at radius 3 is 3.09 bits per heavy atom. The van der Waals surface area contributed by atoms with Gasteiger partial charge in [-0.1, -0.05) is 0 Å². The maximum Gasteiger partial charge on any atom is 0.291 e. The smallest absolute Gasteiger partial charge is 0.291 e. The lowest BCUT2D eigenvalue weighted by Gasteiger charge is -1.92. The van der Waals surface area contributed by atoms with Crippen LogP contribution < -0.4 is 5.56 Å². The summed E-state index contributed by atoms with van der Waals surface area (Å²) in [5, 5.41) is 11.3. The first-order chi connectivity index (χ1) is 5.29. The van der Waals surface area contributed by atoms with Crippen LogP contribution in [0, 0.1) is 0 Å². The minimum Gasteiger partial charge on any atom is -0.425 e. The Hall–Kier alpha value is -1.29. The molecule has 1 N–H and O–H groups in total. The van der Waals surface area contributed by atoms with Crippen LogP contribution in [0.1, 0.15) is 0 Å². The number of hydrogen-bond donors (Lipinski definition) is 1. The van der Waals surface area contributed by atoms with Gasteiger partial charge < -0.3 is 5.21 Å². The Morgan fingerprint density at radius 2 is 2.27 bits per heavy atom. The average molecular weight is 167 g/mol. The Balaban J connectivity index is 3.05. The SMILES string of the molecule is O=c1c2ccsc2ccn1O. The fraction of sp³-hybridized carbons (Fsp3) is 0. The lowest BCUT2D eigenvalue weighted by atomic mass is 10.3. The molecule has 4 heteroatoms. The molecule has 0 fully saturated rings. The standard InChI is InChI=1S/C7H5NO2S/c9-7-5-2-4-11-6(5)1-3-8(7)10/h1-4,10H. The quantitative estimate of drug-likeness (QED) is 0.601. The third-order valence-corrected chi connectivity index (χ3v) is 2.38. The van der Waals surface area contributed by atoms with Crippen molar-refractivity contribution >= 4 is 21.4 Å². The van der Waals surface area contributed by atoms with Crippen molar-refractivity contribution in [1.82, 2.24) is 4.73 Å². The molecule has 0 aliphatic carbocycles. The monoisotopic (exact) mass is 167 g/mol. The van der Waals surface area contributed by atoms with Crippen molar-refractivity contribution in [3.63, 3.8) is 0 Å². The second-order valence-electron chi connectivity index (χ2n) is 2.16. The van der Waals surface area contributed by atoms with Crippen molar-refractivity contribution in [2.24, 2.45) is 0 Å². The van der Waals surface area contributed by atoms with Gasteiger partial charge in [-0.3, -0.25) is 4.79 Å². The Kier molecular flexibility index (Phi) is 1.22. The maximum atomic E-state index is 11.1. The van der Waals surface area contributed by atoms with E-state index in [0.29, 0.717) is 10.1 Å². The Labute approximate surface area is 66.1 Å². The second-order valence-corrected chi connectivity index (χ2v) is 3.11. The number of aromatic nitrogens is 1. The van der Waals surface area contributed by atoms with Gasteiger partial charge in [-0.25, -0.2) is 0 Å². The zero-order valence-corrected chi connectivity index (χ0v) is 6.34. The maximum absolute atomic E-state index is 11.1. The van der Waals surface area contributed by atoms with Gasteiger partial charge in [-0.2, -0.15) is 4.73 Å². The molecule has 3 nitrogen and oxygen atoms in total. The third-order valence-electron chi connectivity index (χ3n) is 1.50. The molecule has 2 aromatic heterocycles. The summed E-state index contributed by atoms with van der Waals surface area (Å²) in [6, 6.07) is 3.41. The van der Waals surface area contributed by atoms with Gasteiger partial charge in [0.25, 0.3) is 5.56 Å². The first kappa shape index (κ1) is 6.42. The Morgan fingerprint density at radius 1 is 1.45 bits per heavy atom. The van der Waals surface area contributed by atoms with Crippen molar-refractivity contribution in [2.75, 3.05) is 0 Å². The molecule has 56 valence electrons. The van der Waals surface area contributed by atoms with Crippen LogP contribution in [0.5, 0.6) is 0 Å². The number of rotatable bonds is 0. The molecule has 0 atom stereocenters. The molecule has 0 aliphatic heterocycles. The zero-order valence-electron chi connectivity index (χ0n) is 5.52. The van der Waals surface area contributed by atoms with Crippen molar-refractivity contribution in [2.45, 2.75) is 0 Å². The number of thiophene rings is 1. The van der Waals surface area contributed by atoms with Crippen LogP contribution in [0.3, 0.4) is 0 Å². The summed E-state index contributed by atoms with van der Waals surface area (Å²) >= 11 is 1.49. The van der Waals surface area contributed by atoms with Crippen molar-refractivity contribution in [3.8, 4) is 0 Å². The summed E-state index contributed by atoms with van der Waals surface area (Å²) < 4.78 is 1.50. The van der Waals surface area contributed by atoms with Crippen LogP contribution in [-0.4, -0.2) is 9.94 Å². The first-order valence-electron chi connectivity index (χ1n) is 3.07. The molecule has 0 aromatic carbocycles. The molecule has 0 radical (unpaired) electrons. The highest BCUT2D eigenvalue weighted by Crippen LogP contribution is 2.15. The molecule has 2 aromatic rings. The van der Waals surface area contributed by atoms with E-state index in [-0.39, 0.29) is 5.56 Å². The topological polar surface area (TPSA) is 42.2 Å². The lowest BCUT2D eigenvalue weighted by Crippen LogP contribution is -2.15. The van der Waals surface area contributed by atoms with E-state index >= 15 is 0 Å². The molecular formula is C7H5NO2S. The summed E-state index contributed by atoms with van der Waals surface area (Å²) in [4.78, 5) is 11.1. The fourth-order valence-electron chi connectivity index (χ4n) is 0.956. The molecule has 2 heterocycles. The van der Waals surface area contributed by atoms with E-state index in [2.05, 4.69) is 0 Å². The molecule has 0 aliphatic rings. The van der Waals surface area contributed by atoms with Crippen LogP contribution in [0.2, 0.25) is 0 Å². The summed E-state index contributed by atoms with van der Waals surface area (Å²) in [7, 11) is 0. The number of fused-ring (bicyclic) bond motifs is 1. The van der Waals surface area contributed by atoms with Gasteiger partial charge in [0, 0.05) is 10.9 Å². The summed E-state index contributed by atoms with van der Waals surface area (Å²) in [6.07, 6.45) is 1.35. The summed E-state index contributed by atoms with van der Waals surface area (Å²) in [5.41, 5.74) is -0.358. The number of pyridine rings is 1. The number of hydrogen-bond acceptors (Lipinski definition) is 3. The third kappa shape index (κ3) is 0.832. The van der Waals surface area contributed by atoms with Crippen LogP contribution in [0.25, 0.3) is 10.1 Å². The fourth-order valence-corrected chi connectivity index (χ4v) is 1.73. The van der Waals surface area contributed by atoms with E-state index in [1.807, 2.05) is 5.38 Å². The molecular weight excluding hydrogens is 162 g/mol. The summed E-state index contributed by atoms with van der Waals surface area (Å²) in [6.45, 7) is 0. The second kappa shape index (κ2) is 2.10. The van der Waals surface area contributed by atoms with E-state index in [1.54, 1.807) is 12.1 Å². The minimum atomic E-state index is -0.358. The van der Waals surface area contributed by atoms with Gasteiger partial charge in [0.05, 0.1) is 5.39 Å². The molecule has 2 rings (SSSR count). The van der Waals surface area contributed by atoms with Gasteiger partial charge in [0.2, 0.25) is 0 Å². The largest absolute Gasteiger partial charge is 0.425 e. The van der Waals surface area contributed by atoms with Gasteiger partial charge in [0.1, 0.15) is 0 Å². The van der Waals surface area contributed by atoms with Crippen LogP contribution in [0.4, 0.5) is 0 Å². The van der Waals surface area contributed by atoms with Gasteiger partial charge in [-0.05, 0) is 17.5 Å². The van der Waals surface area contributed by atoms with Gasteiger partial charge in [-0.15, -0.1) is 11.3 Å². The Bertz CT molecular complexity index is 443. The predicted molar refractivity (Wildman–Crippen MR) is 43.3 cm³/mol.